The number of carboxylic acids is 1. The van der Waals surface area contributed by atoms with E-state index in [2.05, 4.69) is 22.0 Å². The first kappa shape index (κ1) is 12.8. The van der Waals surface area contributed by atoms with Crippen LogP contribution in [0.1, 0.15) is 17.3 Å². The Bertz CT molecular complexity index is 449. The third-order valence-corrected chi connectivity index (χ3v) is 3.47. The average Bonchev–Trinajstić information content (AvgIpc) is 2.71. The average molecular weight is 250 g/mol. The largest absolute Gasteiger partial charge is 0.478 e. The molecule has 0 saturated carbocycles. The Kier molecular flexibility index (Phi) is 3.47. The smallest absolute Gasteiger partial charge is 0.339 e. The van der Waals surface area contributed by atoms with E-state index in [1.807, 2.05) is 19.0 Å². The van der Waals surface area contributed by atoms with Gasteiger partial charge in [0.15, 0.2) is 5.82 Å². The fraction of sp³-hybridized carbons (Fsp3) is 0.583. The number of nitrogens with zero attached hydrogens (tertiary/aromatic N) is 4. The van der Waals surface area contributed by atoms with Crippen molar-refractivity contribution in [1.29, 1.82) is 0 Å². The third-order valence-electron chi connectivity index (χ3n) is 3.47. The van der Waals surface area contributed by atoms with Crippen LogP contribution in [0.25, 0.3) is 0 Å². The molecule has 1 aromatic heterocycles. The molecule has 0 aromatic carbocycles. The van der Waals surface area contributed by atoms with Gasteiger partial charge in [-0.15, -0.1) is 5.10 Å². The standard InChI is InChI=1S/C12H18N4O2/c1-8-6-16(7-10(8)15(2)3)11-9(12(17)18)4-5-13-14-11/h4-5,8,10H,6-7H2,1-3H3,(H,17,18). The molecule has 0 aliphatic carbocycles. The zero-order valence-corrected chi connectivity index (χ0v) is 10.9. The molecule has 1 aliphatic rings. The zero-order valence-electron chi connectivity index (χ0n) is 10.9. The van der Waals surface area contributed by atoms with Gasteiger partial charge >= 0.3 is 5.97 Å². The highest BCUT2D eigenvalue weighted by Crippen LogP contribution is 2.26. The summed E-state index contributed by atoms with van der Waals surface area (Å²) in [5, 5.41) is 16.9. The molecule has 6 heteroatoms. The van der Waals surface area contributed by atoms with Crippen LogP contribution >= 0.6 is 0 Å². The molecule has 1 aromatic rings. The number of hydrogen-bond acceptors (Lipinski definition) is 5. The maximum absolute atomic E-state index is 11.2. The summed E-state index contributed by atoms with van der Waals surface area (Å²) >= 11 is 0. The van der Waals surface area contributed by atoms with Crippen LogP contribution in [0.5, 0.6) is 0 Å². The summed E-state index contributed by atoms with van der Waals surface area (Å²) in [6, 6.07) is 1.91. The Morgan fingerprint density at radius 2 is 2.22 bits per heavy atom. The number of carbonyl (C=O) groups is 1. The molecule has 2 rings (SSSR count). The summed E-state index contributed by atoms with van der Waals surface area (Å²) in [7, 11) is 4.08. The minimum atomic E-state index is -0.958. The monoisotopic (exact) mass is 250 g/mol. The number of anilines is 1. The van der Waals surface area contributed by atoms with Gasteiger partial charge in [-0.2, -0.15) is 5.10 Å². The van der Waals surface area contributed by atoms with Gasteiger partial charge in [0.05, 0.1) is 6.20 Å². The molecule has 0 spiro atoms. The maximum atomic E-state index is 11.2. The van der Waals surface area contributed by atoms with Crippen molar-refractivity contribution in [3.8, 4) is 0 Å². The van der Waals surface area contributed by atoms with Crippen molar-refractivity contribution in [3.63, 3.8) is 0 Å². The van der Waals surface area contributed by atoms with Crippen molar-refractivity contribution in [2.75, 3.05) is 32.1 Å². The molecular formula is C12H18N4O2. The van der Waals surface area contributed by atoms with Gasteiger partial charge in [0, 0.05) is 19.1 Å². The summed E-state index contributed by atoms with van der Waals surface area (Å²) in [6.45, 7) is 3.76. The van der Waals surface area contributed by atoms with Crippen molar-refractivity contribution < 1.29 is 9.90 Å². The van der Waals surface area contributed by atoms with Gasteiger partial charge in [0.2, 0.25) is 0 Å². The molecule has 18 heavy (non-hydrogen) atoms. The van der Waals surface area contributed by atoms with Gasteiger partial charge in [-0.05, 0) is 26.1 Å². The van der Waals surface area contributed by atoms with E-state index in [1.165, 1.54) is 12.3 Å². The Hall–Kier alpha value is -1.69. The summed E-state index contributed by atoms with van der Waals surface area (Å²) in [5.41, 5.74) is 0.219. The molecular weight excluding hydrogens is 232 g/mol. The molecule has 1 saturated heterocycles. The molecule has 1 N–H and O–H groups in total. The highest BCUT2D eigenvalue weighted by Gasteiger charge is 2.33. The normalized spacial score (nSPS) is 23.7. The summed E-state index contributed by atoms with van der Waals surface area (Å²) < 4.78 is 0. The van der Waals surface area contributed by atoms with E-state index in [1.54, 1.807) is 0 Å². The lowest BCUT2D eigenvalue weighted by Crippen LogP contribution is -2.34. The minimum absolute atomic E-state index is 0.219. The van der Waals surface area contributed by atoms with Crippen molar-refractivity contribution in [3.05, 3.63) is 17.8 Å². The molecule has 98 valence electrons. The lowest BCUT2D eigenvalue weighted by molar-refractivity contribution is 0.0697. The molecule has 1 fully saturated rings. The van der Waals surface area contributed by atoms with Gasteiger partial charge < -0.3 is 14.9 Å². The van der Waals surface area contributed by atoms with E-state index in [-0.39, 0.29) is 5.56 Å². The number of aromatic nitrogens is 2. The van der Waals surface area contributed by atoms with Crippen LogP contribution < -0.4 is 4.90 Å². The van der Waals surface area contributed by atoms with Crippen molar-refractivity contribution in [1.82, 2.24) is 15.1 Å². The second-order valence-corrected chi connectivity index (χ2v) is 4.99. The van der Waals surface area contributed by atoms with Crippen LogP contribution in [0.15, 0.2) is 12.3 Å². The molecule has 2 atom stereocenters. The van der Waals surface area contributed by atoms with Crippen LogP contribution in [-0.2, 0) is 0 Å². The Morgan fingerprint density at radius 3 is 2.78 bits per heavy atom. The summed E-state index contributed by atoms with van der Waals surface area (Å²) in [4.78, 5) is 15.3. The van der Waals surface area contributed by atoms with Crippen molar-refractivity contribution in [2.24, 2.45) is 5.92 Å². The number of rotatable bonds is 3. The Labute approximate surface area is 106 Å². The molecule has 6 nitrogen and oxygen atoms in total. The lowest BCUT2D eigenvalue weighted by Gasteiger charge is -2.22. The summed E-state index contributed by atoms with van der Waals surface area (Å²) in [6.07, 6.45) is 1.41. The maximum Gasteiger partial charge on any atom is 0.339 e. The van der Waals surface area contributed by atoms with Crippen LogP contribution in [-0.4, -0.2) is 59.4 Å². The quantitative estimate of drug-likeness (QED) is 0.845. The highest BCUT2D eigenvalue weighted by atomic mass is 16.4. The summed E-state index contributed by atoms with van der Waals surface area (Å²) in [5.74, 6) is -0.00860. The first-order chi connectivity index (χ1) is 8.50. The molecule has 0 bridgehead atoms. The van der Waals surface area contributed by atoms with Crippen LogP contribution in [0.2, 0.25) is 0 Å². The van der Waals surface area contributed by atoms with Crippen LogP contribution in [0.3, 0.4) is 0 Å². The van der Waals surface area contributed by atoms with Gasteiger partial charge in [0.1, 0.15) is 5.56 Å². The first-order valence-corrected chi connectivity index (χ1v) is 5.97. The highest BCUT2D eigenvalue weighted by molar-refractivity contribution is 5.93. The second kappa shape index (κ2) is 4.89. The second-order valence-electron chi connectivity index (χ2n) is 4.99. The fourth-order valence-corrected chi connectivity index (χ4v) is 2.52. The number of likely N-dealkylation sites (N-methyl/N-ethyl adjacent to an activating group) is 1. The van der Waals surface area contributed by atoms with E-state index < -0.39 is 5.97 Å². The van der Waals surface area contributed by atoms with E-state index in [4.69, 9.17) is 5.11 Å². The van der Waals surface area contributed by atoms with Gasteiger partial charge in [-0.25, -0.2) is 4.79 Å². The minimum Gasteiger partial charge on any atom is -0.478 e. The topological polar surface area (TPSA) is 69.6 Å². The van der Waals surface area contributed by atoms with Gasteiger partial charge in [0.25, 0.3) is 0 Å². The molecule has 0 radical (unpaired) electrons. The van der Waals surface area contributed by atoms with Crippen LogP contribution in [0, 0.1) is 5.92 Å². The van der Waals surface area contributed by atoms with Crippen LogP contribution in [0.4, 0.5) is 5.82 Å². The Morgan fingerprint density at radius 1 is 1.50 bits per heavy atom. The van der Waals surface area contributed by atoms with Gasteiger partial charge in [-0.3, -0.25) is 0 Å². The predicted molar refractivity (Wildman–Crippen MR) is 67.8 cm³/mol. The van der Waals surface area contributed by atoms with E-state index >= 15 is 0 Å². The molecule has 2 heterocycles. The SMILES string of the molecule is CC1CN(c2nnccc2C(=O)O)CC1N(C)C. The zero-order chi connectivity index (χ0) is 13.3. The van der Waals surface area contributed by atoms with Gasteiger partial charge in [-0.1, -0.05) is 6.92 Å². The van der Waals surface area contributed by atoms with E-state index in [0.29, 0.717) is 17.8 Å². The first-order valence-electron chi connectivity index (χ1n) is 5.97. The van der Waals surface area contributed by atoms with E-state index in [0.717, 1.165) is 13.1 Å². The Balaban J connectivity index is 2.26. The third kappa shape index (κ3) is 2.28. The number of carboxylic acid groups (broad SMARTS) is 1. The molecule has 0 amide bonds. The molecule has 1 aliphatic heterocycles. The number of hydrogen-bond donors (Lipinski definition) is 1. The van der Waals surface area contributed by atoms with Crippen molar-refractivity contribution >= 4 is 11.8 Å². The fourth-order valence-electron chi connectivity index (χ4n) is 2.52. The predicted octanol–water partition coefficient (Wildman–Crippen LogP) is 0.561. The number of aromatic carboxylic acids is 1. The van der Waals surface area contributed by atoms with E-state index in [9.17, 15) is 4.79 Å². The van der Waals surface area contributed by atoms with Crippen molar-refractivity contribution in [2.45, 2.75) is 13.0 Å². The molecule has 2 unspecified atom stereocenters. The lowest BCUT2D eigenvalue weighted by atomic mass is 10.1.